The number of nitrogen functional groups attached to an aromatic ring is 1. The lowest BCUT2D eigenvalue weighted by Crippen LogP contribution is -2.09. The van der Waals surface area contributed by atoms with Crippen LogP contribution < -0.4 is 10.6 Å². The van der Waals surface area contributed by atoms with Crippen molar-refractivity contribution < 1.29 is 4.79 Å². The van der Waals surface area contributed by atoms with Crippen LogP contribution in [0.1, 0.15) is 15.9 Å². The Morgan fingerprint density at radius 1 is 1.29 bits per heavy atom. The summed E-state index contributed by atoms with van der Waals surface area (Å²) in [5.74, 6) is 0.174. The molecule has 2 aromatic rings. The van der Waals surface area contributed by atoms with Gasteiger partial charge in [-0.1, -0.05) is 0 Å². The summed E-state index contributed by atoms with van der Waals surface area (Å²) in [5.41, 5.74) is 7.66. The molecule has 0 unspecified atom stereocenters. The number of nitrogens with two attached hydrogens (primary N) is 1. The number of anilines is 2. The van der Waals surface area contributed by atoms with Crippen LogP contribution in [0.2, 0.25) is 0 Å². The molecule has 0 spiro atoms. The van der Waals surface area contributed by atoms with Crippen LogP contribution in [0.4, 0.5) is 11.5 Å². The van der Waals surface area contributed by atoms with Gasteiger partial charge in [-0.15, -0.1) is 0 Å². The van der Waals surface area contributed by atoms with Gasteiger partial charge in [0.15, 0.2) is 5.78 Å². The van der Waals surface area contributed by atoms with E-state index in [1.807, 2.05) is 31.1 Å². The average molecular weight is 230 g/mol. The highest BCUT2D eigenvalue weighted by molar-refractivity contribution is 6.11. The normalized spacial score (nSPS) is 10.2. The van der Waals surface area contributed by atoms with E-state index in [9.17, 15) is 4.79 Å². The van der Waals surface area contributed by atoms with E-state index >= 15 is 0 Å². The molecular formula is C12H14N4O. The summed E-state index contributed by atoms with van der Waals surface area (Å²) in [4.78, 5) is 14.0. The van der Waals surface area contributed by atoms with Gasteiger partial charge in [0.25, 0.3) is 0 Å². The summed E-state index contributed by atoms with van der Waals surface area (Å²) in [5, 5.41) is 6.28. The van der Waals surface area contributed by atoms with Crippen molar-refractivity contribution in [3.05, 3.63) is 41.6 Å². The molecular weight excluding hydrogens is 216 g/mol. The van der Waals surface area contributed by atoms with E-state index in [0.29, 0.717) is 16.9 Å². The molecule has 1 aromatic carbocycles. The fourth-order valence-electron chi connectivity index (χ4n) is 1.54. The topological polar surface area (TPSA) is 75.0 Å². The zero-order valence-corrected chi connectivity index (χ0v) is 9.77. The Balaban J connectivity index is 2.29. The molecule has 2 rings (SSSR count). The Kier molecular flexibility index (Phi) is 2.82. The highest BCUT2D eigenvalue weighted by Gasteiger charge is 2.13. The van der Waals surface area contributed by atoms with E-state index in [-0.39, 0.29) is 5.78 Å². The summed E-state index contributed by atoms with van der Waals surface area (Å²) in [6.07, 6.45) is 1.44. The Morgan fingerprint density at radius 2 is 1.94 bits per heavy atom. The first-order valence-corrected chi connectivity index (χ1v) is 5.20. The van der Waals surface area contributed by atoms with E-state index in [0.717, 1.165) is 5.69 Å². The average Bonchev–Trinajstić information content (AvgIpc) is 2.74. The quantitative estimate of drug-likeness (QED) is 0.779. The molecule has 0 fully saturated rings. The number of carbonyl (C=O) groups excluding carboxylic acids is 1. The highest BCUT2D eigenvalue weighted by Crippen LogP contribution is 2.17. The molecule has 1 heterocycles. The number of aromatic nitrogens is 2. The van der Waals surface area contributed by atoms with Gasteiger partial charge in [-0.3, -0.25) is 9.89 Å². The van der Waals surface area contributed by atoms with Crippen molar-refractivity contribution in [1.82, 2.24) is 10.2 Å². The monoisotopic (exact) mass is 230 g/mol. The smallest absolute Gasteiger partial charge is 0.198 e. The van der Waals surface area contributed by atoms with Crippen LogP contribution >= 0.6 is 0 Å². The van der Waals surface area contributed by atoms with Crippen LogP contribution in [-0.2, 0) is 0 Å². The largest absolute Gasteiger partial charge is 0.383 e. The number of rotatable bonds is 3. The number of aromatic amines is 1. The van der Waals surface area contributed by atoms with Gasteiger partial charge in [-0.05, 0) is 24.3 Å². The number of benzene rings is 1. The third-order valence-corrected chi connectivity index (χ3v) is 2.56. The maximum absolute atomic E-state index is 12.1. The minimum Gasteiger partial charge on any atom is -0.383 e. The molecule has 0 aliphatic carbocycles. The first-order valence-electron chi connectivity index (χ1n) is 5.20. The fourth-order valence-corrected chi connectivity index (χ4v) is 1.54. The number of H-pyrrole nitrogens is 1. The first kappa shape index (κ1) is 11.2. The summed E-state index contributed by atoms with van der Waals surface area (Å²) in [6.45, 7) is 0. The molecule has 5 heteroatoms. The molecule has 0 radical (unpaired) electrons. The number of ketones is 1. The van der Waals surface area contributed by atoms with Crippen molar-refractivity contribution in [3.63, 3.8) is 0 Å². The predicted octanol–water partition coefficient (Wildman–Crippen LogP) is 1.29. The number of carbonyl (C=O) groups is 1. The molecule has 0 aliphatic heterocycles. The summed E-state index contributed by atoms with van der Waals surface area (Å²) in [6, 6.07) is 7.35. The van der Waals surface area contributed by atoms with E-state index in [2.05, 4.69) is 10.2 Å². The molecule has 17 heavy (non-hydrogen) atoms. The lowest BCUT2D eigenvalue weighted by atomic mass is 10.1. The molecule has 0 saturated carbocycles. The molecule has 88 valence electrons. The van der Waals surface area contributed by atoms with Gasteiger partial charge in [0, 0.05) is 25.3 Å². The molecule has 0 bridgehead atoms. The van der Waals surface area contributed by atoms with E-state index in [1.165, 1.54) is 6.20 Å². The molecule has 0 atom stereocenters. The minimum atomic E-state index is -0.124. The Labute approximate surface area is 99.2 Å². The maximum Gasteiger partial charge on any atom is 0.198 e. The van der Waals surface area contributed by atoms with Crippen molar-refractivity contribution in [1.29, 1.82) is 0 Å². The third-order valence-electron chi connectivity index (χ3n) is 2.56. The van der Waals surface area contributed by atoms with Gasteiger partial charge >= 0.3 is 0 Å². The van der Waals surface area contributed by atoms with Crippen molar-refractivity contribution in [2.45, 2.75) is 0 Å². The van der Waals surface area contributed by atoms with Crippen LogP contribution in [0.3, 0.4) is 0 Å². The van der Waals surface area contributed by atoms with E-state index in [4.69, 9.17) is 5.73 Å². The molecule has 0 saturated heterocycles. The van der Waals surface area contributed by atoms with Crippen molar-refractivity contribution in [2.75, 3.05) is 24.7 Å². The summed E-state index contributed by atoms with van der Waals surface area (Å²) < 4.78 is 0. The van der Waals surface area contributed by atoms with Crippen LogP contribution in [0.25, 0.3) is 0 Å². The Hall–Kier alpha value is -2.30. The predicted molar refractivity (Wildman–Crippen MR) is 67.2 cm³/mol. The van der Waals surface area contributed by atoms with Gasteiger partial charge in [0.05, 0.1) is 11.8 Å². The number of hydrogen-bond acceptors (Lipinski definition) is 4. The zero-order valence-electron chi connectivity index (χ0n) is 9.77. The zero-order chi connectivity index (χ0) is 12.4. The van der Waals surface area contributed by atoms with Gasteiger partial charge in [0.2, 0.25) is 0 Å². The van der Waals surface area contributed by atoms with Crippen molar-refractivity contribution in [3.8, 4) is 0 Å². The van der Waals surface area contributed by atoms with Crippen LogP contribution in [0, 0.1) is 0 Å². The number of nitrogens with zero attached hydrogens (tertiary/aromatic N) is 2. The Morgan fingerprint density at radius 3 is 2.41 bits per heavy atom. The number of nitrogens with one attached hydrogen (secondary N) is 1. The summed E-state index contributed by atoms with van der Waals surface area (Å²) >= 11 is 0. The molecule has 1 aromatic heterocycles. The standard InChI is InChI=1S/C12H14N4O/c1-16(2)9-5-3-8(4-6-9)11(17)10-7-14-15-12(10)13/h3-7H,1-2H3,(H3,13,14,15). The van der Waals surface area contributed by atoms with Crippen LogP contribution in [0.5, 0.6) is 0 Å². The number of hydrogen-bond donors (Lipinski definition) is 2. The second-order valence-corrected chi connectivity index (χ2v) is 3.97. The molecule has 0 amide bonds. The lowest BCUT2D eigenvalue weighted by molar-refractivity contribution is 0.103. The van der Waals surface area contributed by atoms with Gasteiger partial charge < -0.3 is 10.6 Å². The van der Waals surface area contributed by atoms with Gasteiger partial charge in [-0.2, -0.15) is 5.10 Å². The maximum atomic E-state index is 12.1. The minimum absolute atomic E-state index is 0.124. The SMILES string of the molecule is CN(C)c1ccc(C(=O)c2cn[nH]c2N)cc1. The van der Waals surface area contributed by atoms with Gasteiger partial charge in [-0.25, -0.2) is 0 Å². The molecule has 3 N–H and O–H groups in total. The van der Waals surface area contributed by atoms with E-state index in [1.54, 1.807) is 12.1 Å². The molecule has 0 aliphatic rings. The Bertz CT molecular complexity index is 528. The van der Waals surface area contributed by atoms with Crippen LogP contribution in [-0.4, -0.2) is 30.1 Å². The van der Waals surface area contributed by atoms with Crippen molar-refractivity contribution in [2.24, 2.45) is 0 Å². The summed E-state index contributed by atoms with van der Waals surface area (Å²) in [7, 11) is 3.90. The van der Waals surface area contributed by atoms with Crippen LogP contribution in [0.15, 0.2) is 30.5 Å². The second-order valence-electron chi connectivity index (χ2n) is 3.97. The second kappa shape index (κ2) is 4.29. The van der Waals surface area contributed by atoms with Crippen molar-refractivity contribution >= 4 is 17.3 Å². The first-order chi connectivity index (χ1) is 8.09. The van der Waals surface area contributed by atoms with E-state index < -0.39 is 0 Å². The van der Waals surface area contributed by atoms with Gasteiger partial charge in [0.1, 0.15) is 5.82 Å². The highest BCUT2D eigenvalue weighted by atomic mass is 16.1. The molecule has 5 nitrogen and oxygen atoms in total. The third kappa shape index (κ3) is 2.13. The fraction of sp³-hybridized carbons (Fsp3) is 0.167. The lowest BCUT2D eigenvalue weighted by Gasteiger charge is -2.12.